The summed E-state index contributed by atoms with van der Waals surface area (Å²) in [5.74, 6) is 3.50. The molecule has 39 heavy (non-hydrogen) atoms. The third-order valence-electron chi connectivity index (χ3n) is 6.88. The van der Waals surface area contributed by atoms with E-state index in [-0.39, 0.29) is 23.4 Å². The highest BCUT2D eigenvalue weighted by Crippen LogP contribution is 2.38. The average molecular weight is 555 g/mol. The molecule has 0 unspecified atom stereocenters. The van der Waals surface area contributed by atoms with Gasteiger partial charge >= 0.3 is 0 Å². The molecule has 0 aliphatic carbocycles. The van der Waals surface area contributed by atoms with Gasteiger partial charge in [0.15, 0.2) is 0 Å². The molecule has 1 aliphatic heterocycles. The topological polar surface area (TPSA) is 27.7 Å². The van der Waals surface area contributed by atoms with Crippen LogP contribution in [0.25, 0.3) is 0 Å². The van der Waals surface area contributed by atoms with Gasteiger partial charge in [0.1, 0.15) is 20.3 Å². The molecule has 204 valence electrons. The van der Waals surface area contributed by atoms with Crippen LogP contribution in [0.3, 0.4) is 0 Å². The lowest BCUT2D eigenvalue weighted by Gasteiger charge is -2.45. The minimum absolute atomic E-state index is 0.143. The summed E-state index contributed by atoms with van der Waals surface area (Å²) in [6.07, 6.45) is 3.38. The molecular weight excluding hydrogens is 513 g/mol. The molecule has 1 heterocycles. The Morgan fingerprint density at radius 1 is 0.795 bits per heavy atom. The van der Waals surface area contributed by atoms with Gasteiger partial charge < -0.3 is 13.9 Å². The average Bonchev–Trinajstić information content (AvgIpc) is 3.11. The van der Waals surface area contributed by atoms with Crippen molar-refractivity contribution in [2.75, 3.05) is 6.61 Å². The third-order valence-corrected chi connectivity index (χ3v) is 12.8. The minimum atomic E-state index is -2.80. The Labute approximate surface area is 237 Å². The molecule has 0 saturated heterocycles. The van der Waals surface area contributed by atoms with Crippen molar-refractivity contribution in [3.63, 3.8) is 0 Å². The number of rotatable bonds is 7. The Bertz CT molecular complexity index is 1230. The Morgan fingerprint density at radius 2 is 1.33 bits per heavy atom. The lowest BCUT2D eigenvalue weighted by Crippen LogP contribution is -2.68. The Kier molecular flexibility index (Phi) is 9.48. The van der Waals surface area contributed by atoms with E-state index in [1.807, 2.05) is 18.2 Å². The predicted octanol–water partition coefficient (Wildman–Crippen LogP) is 6.35. The third kappa shape index (κ3) is 7.48. The zero-order valence-corrected chi connectivity index (χ0v) is 26.2. The van der Waals surface area contributed by atoms with E-state index in [1.54, 1.807) is 0 Å². The van der Waals surface area contributed by atoms with Gasteiger partial charge in [0.2, 0.25) is 0 Å². The van der Waals surface area contributed by atoms with E-state index < -0.39 is 16.4 Å². The van der Waals surface area contributed by atoms with Gasteiger partial charge in [-0.1, -0.05) is 149 Å². The fourth-order valence-electron chi connectivity index (χ4n) is 4.97. The molecule has 0 amide bonds. The van der Waals surface area contributed by atoms with E-state index in [2.05, 4.69) is 137 Å². The largest absolute Gasteiger partial charge is 0.397 e. The summed E-state index contributed by atoms with van der Waals surface area (Å²) in [5, 5.41) is 2.35. The highest BCUT2D eigenvalue weighted by molar-refractivity contribution is 6.99. The van der Waals surface area contributed by atoms with Gasteiger partial charge in [-0.2, -0.15) is 0 Å². The quantitative estimate of drug-likeness (QED) is 0.193. The van der Waals surface area contributed by atoms with Gasteiger partial charge in [0.05, 0.1) is 19.3 Å². The Morgan fingerprint density at radius 3 is 1.85 bits per heavy atom. The van der Waals surface area contributed by atoms with Crippen LogP contribution in [-0.2, 0) is 20.5 Å². The first-order valence-electron chi connectivity index (χ1n) is 13.9. The molecule has 3 aromatic rings. The van der Waals surface area contributed by atoms with E-state index in [1.165, 1.54) is 10.4 Å². The maximum atomic E-state index is 7.47. The lowest BCUT2D eigenvalue weighted by atomic mass is 10.2. The zero-order valence-electron chi connectivity index (χ0n) is 24.2. The van der Waals surface area contributed by atoms with Crippen LogP contribution in [0.15, 0.2) is 103 Å². The molecule has 0 bridgehead atoms. The van der Waals surface area contributed by atoms with Crippen molar-refractivity contribution < 1.29 is 13.9 Å². The van der Waals surface area contributed by atoms with Crippen molar-refractivity contribution in [1.82, 2.24) is 0 Å². The molecule has 0 N–H and O–H groups in total. The van der Waals surface area contributed by atoms with Crippen molar-refractivity contribution >= 4 is 26.8 Å². The first-order chi connectivity index (χ1) is 18.6. The van der Waals surface area contributed by atoms with Crippen LogP contribution >= 0.6 is 0 Å². The molecule has 3 aromatic carbocycles. The van der Waals surface area contributed by atoms with E-state index >= 15 is 0 Å². The first-order valence-corrected chi connectivity index (χ1v) is 19.3. The molecule has 0 spiro atoms. The number of hydrogen-bond donors (Lipinski definition) is 0. The normalized spacial score (nSPS) is 20.1. The number of ether oxygens (including phenoxy) is 2. The van der Waals surface area contributed by atoms with Gasteiger partial charge in [-0.15, -0.1) is 5.54 Å². The standard InChI is InChI=1S/C34H42O3Si2/c1-34(2,3)39(30-18-12-8-13-19-30,31-20-14-9-15-21-31)37-33-23-22-29(35-26-28-16-10-7-11-17-28)27-36-32(33)24-25-38(4,5)6/h7-23,29,32-33H,26-27H2,1-6H3/t29-,32-,33+/m0/s1. The molecule has 0 radical (unpaired) electrons. The molecule has 1 aliphatic rings. The molecule has 3 atom stereocenters. The zero-order chi connectivity index (χ0) is 27.9. The van der Waals surface area contributed by atoms with Gasteiger partial charge in [0.25, 0.3) is 8.32 Å². The van der Waals surface area contributed by atoms with Gasteiger partial charge in [0, 0.05) is 0 Å². The Balaban J connectivity index is 1.74. The van der Waals surface area contributed by atoms with Crippen LogP contribution in [0, 0.1) is 11.5 Å². The summed E-state index contributed by atoms with van der Waals surface area (Å²) in [4.78, 5) is 0. The maximum Gasteiger partial charge on any atom is 0.262 e. The van der Waals surface area contributed by atoms with Crippen molar-refractivity contribution in [3.05, 3.63) is 109 Å². The molecular formula is C34H42O3Si2. The van der Waals surface area contributed by atoms with Crippen LogP contribution in [0.5, 0.6) is 0 Å². The van der Waals surface area contributed by atoms with E-state index in [4.69, 9.17) is 13.9 Å². The lowest BCUT2D eigenvalue weighted by molar-refractivity contribution is -0.0300. The SMILES string of the molecule is CC(C)(C)[Si](O[C@@H]1C=C[C@H](OCc2ccccc2)CO[C@H]1C#C[Si](C)(C)C)(c1ccccc1)c1ccccc1. The van der Waals surface area contributed by atoms with Crippen LogP contribution in [0.2, 0.25) is 24.7 Å². The van der Waals surface area contributed by atoms with E-state index in [9.17, 15) is 0 Å². The summed E-state index contributed by atoms with van der Waals surface area (Å²) in [5.41, 5.74) is 4.69. The highest BCUT2D eigenvalue weighted by atomic mass is 28.4. The number of benzene rings is 3. The molecule has 5 heteroatoms. The summed E-state index contributed by atoms with van der Waals surface area (Å²) in [6.45, 7) is 14.7. The summed E-state index contributed by atoms with van der Waals surface area (Å²) >= 11 is 0. The van der Waals surface area contributed by atoms with E-state index in [0.29, 0.717) is 13.2 Å². The number of hydrogen-bond acceptors (Lipinski definition) is 3. The molecule has 4 rings (SSSR count). The van der Waals surface area contributed by atoms with E-state index in [0.717, 1.165) is 5.56 Å². The maximum absolute atomic E-state index is 7.47. The monoisotopic (exact) mass is 554 g/mol. The highest BCUT2D eigenvalue weighted by Gasteiger charge is 2.52. The fourth-order valence-corrected chi connectivity index (χ4v) is 10.2. The van der Waals surface area contributed by atoms with Crippen molar-refractivity contribution in [2.24, 2.45) is 0 Å². The molecule has 0 aromatic heterocycles. The van der Waals surface area contributed by atoms with Crippen molar-refractivity contribution in [1.29, 1.82) is 0 Å². The molecule has 0 saturated carbocycles. The smallest absolute Gasteiger partial charge is 0.262 e. The Hall–Kier alpha value is -2.73. The van der Waals surface area contributed by atoms with Gasteiger partial charge in [-0.05, 0) is 21.0 Å². The molecule has 3 nitrogen and oxygen atoms in total. The fraction of sp³-hybridized carbons (Fsp3) is 0.353. The minimum Gasteiger partial charge on any atom is -0.397 e. The summed E-state index contributed by atoms with van der Waals surface area (Å²) < 4.78 is 20.2. The van der Waals surface area contributed by atoms with Crippen molar-refractivity contribution in [3.8, 4) is 11.5 Å². The van der Waals surface area contributed by atoms with Gasteiger partial charge in [-0.25, -0.2) is 0 Å². The van der Waals surface area contributed by atoms with Gasteiger partial charge in [-0.3, -0.25) is 0 Å². The van der Waals surface area contributed by atoms with Crippen molar-refractivity contribution in [2.45, 2.75) is 70.4 Å². The first kappa shape index (κ1) is 29.3. The summed E-state index contributed by atoms with van der Waals surface area (Å²) in [7, 11) is -4.42. The second-order valence-corrected chi connectivity index (χ2v) is 21.2. The second kappa shape index (κ2) is 12.6. The van der Waals surface area contributed by atoms with Crippen LogP contribution < -0.4 is 10.4 Å². The van der Waals surface area contributed by atoms with Crippen LogP contribution in [0.1, 0.15) is 26.3 Å². The molecule has 0 fully saturated rings. The second-order valence-electron chi connectivity index (χ2n) is 12.2. The summed E-state index contributed by atoms with van der Waals surface area (Å²) in [6, 6.07) is 31.8. The predicted molar refractivity (Wildman–Crippen MR) is 168 cm³/mol. The van der Waals surface area contributed by atoms with Crippen LogP contribution in [-0.4, -0.2) is 41.3 Å². The van der Waals surface area contributed by atoms with Crippen LogP contribution in [0.4, 0.5) is 0 Å².